The van der Waals surface area contributed by atoms with Gasteiger partial charge in [-0.25, -0.2) is 8.42 Å². The van der Waals surface area contributed by atoms with Crippen LogP contribution in [-0.2, 0) is 20.6 Å². The molecule has 0 N–H and O–H groups in total. The molecule has 2 heterocycles. The molecule has 2 atom stereocenters. The van der Waals surface area contributed by atoms with Gasteiger partial charge in [0.25, 0.3) is 0 Å². The first-order valence-corrected chi connectivity index (χ1v) is 9.15. The van der Waals surface area contributed by atoms with Crippen LogP contribution in [-0.4, -0.2) is 42.6 Å². The van der Waals surface area contributed by atoms with Crippen LogP contribution in [0.3, 0.4) is 0 Å². The maximum Gasteiger partial charge on any atom is 0.244 e. The fourth-order valence-electron chi connectivity index (χ4n) is 2.70. The second-order valence-corrected chi connectivity index (χ2v) is 8.09. The van der Waals surface area contributed by atoms with E-state index in [0.29, 0.717) is 23.9 Å². The fraction of sp³-hybridized carbons (Fsp3) is 0.714. The zero-order valence-electron chi connectivity index (χ0n) is 12.9. The second-order valence-electron chi connectivity index (χ2n) is 5.88. The normalized spacial score (nSPS) is 24.7. The summed E-state index contributed by atoms with van der Waals surface area (Å²) in [5.41, 5.74) is 0.819. The molecular formula is C14H23ClN2O3S. The van der Waals surface area contributed by atoms with Crippen molar-refractivity contribution in [2.45, 2.75) is 56.7 Å². The molecule has 1 aromatic heterocycles. The Bertz CT molecular complexity index is 587. The highest BCUT2D eigenvalue weighted by Crippen LogP contribution is 2.25. The van der Waals surface area contributed by atoms with Gasteiger partial charge < -0.3 is 9.30 Å². The highest BCUT2D eigenvalue weighted by Gasteiger charge is 2.33. The van der Waals surface area contributed by atoms with Crippen LogP contribution in [0.5, 0.6) is 0 Å². The Morgan fingerprint density at radius 3 is 2.33 bits per heavy atom. The maximum atomic E-state index is 12.8. The molecule has 1 fully saturated rings. The summed E-state index contributed by atoms with van der Waals surface area (Å²) in [7, 11) is -3.50. The van der Waals surface area contributed by atoms with Crippen molar-refractivity contribution in [1.29, 1.82) is 0 Å². The smallest absolute Gasteiger partial charge is 0.244 e. The standard InChI is InChI=1S/C14H23ClN2O3S/c1-10(2)17-9-14(5-13(17)6-15)21(18,19)16-7-11(3)20-12(4)8-16/h5,9-12H,6-8H2,1-4H3. The van der Waals surface area contributed by atoms with E-state index >= 15 is 0 Å². The van der Waals surface area contributed by atoms with Gasteiger partial charge in [0.1, 0.15) is 4.90 Å². The highest BCUT2D eigenvalue weighted by molar-refractivity contribution is 7.89. The van der Waals surface area contributed by atoms with Crippen molar-refractivity contribution in [3.63, 3.8) is 0 Å². The summed E-state index contributed by atoms with van der Waals surface area (Å²) >= 11 is 5.92. The lowest BCUT2D eigenvalue weighted by Gasteiger charge is -2.34. The number of hydrogen-bond donors (Lipinski definition) is 0. The van der Waals surface area contributed by atoms with Gasteiger partial charge in [-0.2, -0.15) is 4.31 Å². The first-order valence-electron chi connectivity index (χ1n) is 7.18. The molecule has 0 bridgehead atoms. The van der Waals surface area contributed by atoms with Gasteiger partial charge in [0.2, 0.25) is 10.0 Å². The monoisotopic (exact) mass is 334 g/mol. The Labute approximate surface area is 131 Å². The van der Waals surface area contributed by atoms with Crippen LogP contribution < -0.4 is 0 Å². The van der Waals surface area contributed by atoms with Crippen LogP contribution in [0.1, 0.15) is 39.4 Å². The van der Waals surface area contributed by atoms with Gasteiger partial charge >= 0.3 is 0 Å². The number of aromatic nitrogens is 1. The zero-order valence-corrected chi connectivity index (χ0v) is 14.5. The van der Waals surface area contributed by atoms with E-state index in [4.69, 9.17) is 16.3 Å². The number of sulfonamides is 1. The number of nitrogens with zero attached hydrogens (tertiary/aromatic N) is 2. The average Bonchev–Trinajstić information content (AvgIpc) is 2.82. The molecular weight excluding hydrogens is 312 g/mol. The molecule has 5 nitrogen and oxygen atoms in total. The molecule has 0 amide bonds. The first-order chi connectivity index (χ1) is 9.75. The predicted molar refractivity (Wildman–Crippen MR) is 83.1 cm³/mol. The molecule has 1 aliphatic heterocycles. The quantitative estimate of drug-likeness (QED) is 0.795. The van der Waals surface area contributed by atoms with E-state index < -0.39 is 10.0 Å². The van der Waals surface area contributed by atoms with E-state index in [1.807, 2.05) is 32.3 Å². The third kappa shape index (κ3) is 3.44. The summed E-state index contributed by atoms with van der Waals surface area (Å²) in [5.74, 6) is 0.295. The molecule has 0 spiro atoms. The van der Waals surface area contributed by atoms with Gasteiger partial charge in [0, 0.05) is 31.0 Å². The van der Waals surface area contributed by atoms with E-state index in [1.54, 1.807) is 12.3 Å². The van der Waals surface area contributed by atoms with E-state index in [-0.39, 0.29) is 18.2 Å². The minimum atomic E-state index is -3.50. The highest BCUT2D eigenvalue weighted by atomic mass is 35.5. The first kappa shape index (κ1) is 16.8. The fourth-order valence-corrected chi connectivity index (χ4v) is 4.56. The lowest BCUT2D eigenvalue weighted by Crippen LogP contribution is -2.48. The molecule has 7 heteroatoms. The van der Waals surface area contributed by atoms with Crippen LogP contribution in [0, 0.1) is 0 Å². The number of rotatable bonds is 4. The minimum Gasteiger partial charge on any atom is -0.373 e. The van der Waals surface area contributed by atoms with Gasteiger partial charge in [-0.3, -0.25) is 0 Å². The second kappa shape index (κ2) is 6.28. The molecule has 21 heavy (non-hydrogen) atoms. The molecule has 1 aromatic rings. The largest absolute Gasteiger partial charge is 0.373 e. The van der Waals surface area contributed by atoms with E-state index in [2.05, 4.69) is 0 Å². The van der Waals surface area contributed by atoms with Gasteiger partial charge in [-0.1, -0.05) is 0 Å². The van der Waals surface area contributed by atoms with Crippen LogP contribution in [0.25, 0.3) is 0 Å². The molecule has 1 aliphatic rings. The zero-order chi connectivity index (χ0) is 15.8. The number of ether oxygens (including phenoxy) is 1. The Balaban J connectivity index is 2.35. The van der Waals surface area contributed by atoms with Crippen LogP contribution in [0.4, 0.5) is 0 Å². The Morgan fingerprint density at radius 2 is 1.90 bits per heavy atom. The summed E-state index contributed by atoms with van der Waals surface area (Å²) in [6.07, 6.45) is 1.49. The Hall–Kier alpha value is -0.560. The third-order valence-corrected chi connectivity index (χ3v) is 5.69. The van der Waals surface area contributed by atoms with Crippen LogP contribution >= 0.6 is 11.6 Å². The summed E-state index contributed by atoms with van der Waals surface area (Å²) in [4.78, 5) is 0.313. The van der Waals surface area contributed by atoms with Gasteiger partial charge in [0.15, 0.2) is 0 Å². The van der Waals surface area contributed by atoms with Crippen molar-refractivity contribution in [3.8, 4) is 0 Å². The predicted octanol–water partition coefficient (Wildman–Crippen LogP) is 2.61. The maximum absolute atomic E-state index is 12.8. The lowest BCUT2D eigenvalue weighted by atomic mass is 10.3. The van der Waals surface area contributed by atoms with Gasteiger partial charge in [0.05, 0.1) is 18.1 Å². The summed E-state index contributed by atoms with van der Waals surface area (Å²) in [5, 5.41) is 0. The summed E-state index contributed by atoms with van der Waals surface area (Å²) in [6.45, 7) is 8.56. The van der Waals surface area contributed by atoms with E-state index in [0.717, 1.165) is 5.69 Å². The van der Waals surface area contributed by atoms with E-state index in [1.165, 1.54) is 4.31 Å². The lowest BCUT2D eigenvalue weighted by molar-refractivity contribution is -0.0440. The molecule has 0 aliphatic carbocycles. The van der Waals surface area contributed by atoms with Crippen LogP contribution in [0.15, 0.2) is 17.2 Å². The molecule has 0 aromatic carbocycles. The molecule has 2 unspecified atom stereocenters. The summed E-state index contributed by atoms with van der Waals surface area (Å²) in [6, 6.07) is 1.85. The van der Waals surface area contributed by atoms with Crippen molar-refractivity contribution >= 4 is 21.6 Å². The van der Waals surface area contributed by atoms with Crippen molar-refractivity contribution in [3.05, 3.63) is 18.0 Å². The number of hydrogen-bond acceptors (Lipinski definition) is 3. The number of alkyl halides is 1. The SMILES string of the molecule is CC1CN(S(=O)(=O)c2cc(CCl)n(C(C)C)c2)CC(C)O1. The van der Waals surface area contributed by atoms with Crippen LogP contribution in [0.2, 0.25) is 0 Å². The number of morpholine rings is 1. The minimum absolute atomic E-state index is 0.0943. The molecule has 2 rings (SSSR count). The Morgan fingerprint density at radius 1 is 1.33 bits per heavy atom. The Kier molecular flexibility index (Phi) is 5.03. The third-order valence-electron chi connectivity index (χ3n) is 3.62. The molecule has 120 valence electrons. The molecule has 0 saturated carbocycles. The number of halogens is 1. The van der Waals surface area contributed by atoms with Crippen molar-refractivity contribution in [1.82, 2.24) is 8.87 Å². The topological polar surface area (TPSA) is 51.5 Å². The average molecular weight is 335 g/mol. The van der Waals surface area contributed by atoms with Crippen molar-refractivity contribution in [2.75, 3.05) is 13.1 Å². The van der Waals surface area contributed by atoms with Gasteiger partial charge in [-0.15, -0.1) is 11.6 Å². The van der Waals surface area contributed by atoms with Crippen molar-refractivity contribution in [2.24, 2.45) is 0 Å². The summed E-state index contributed by atoms with van der Waals surface area (Å²) < 4.78 is 34.6. The van der Waals surface area contributed by atoms with Gasteiger partial charge in [-0.05, 0) is 33.8 Å². The molecule has 1 saturated heterocycles. The van der Waals surface area contributed by atoms with E-state index in [9.17, 15) is 8.42 Å². The molecule has 0 radical (unpaired) electrons. The van der Waals surface area contributed by atoms with Crippen molar-refractivity contribution < 1.29 is 13.2 Å².